The van der Waals surface area contributed by atoms with Crippen LogP contribution in [-0.2, 0) is 9.59 Å². The monoisotopic (exact) mass is 343 g/mol. The highest BCUT2D eigenvalue weighted by Gasteiger charge is 2.33. The highest BCUT2D eigenvalue weighted by Crippen LogP contribution is 2.29. The molecule has 25 heavy (non-hydrogen) atoms. The number of fused-ring (bicyclic) bond motifs is 1. The van der Waals surface area contributed by atoms with Crippen molar-refractivity contribution >= 4 is 23.2 Å². The number of hydrogen-bond donors (Lipinski definition) is 1. The molecule has 0 aromatic heterocycles. The fourth-order valence-corrected chi connectivity index (χ4v) is 3.00. The van der Waals surface area contributed by atoms with Crippen molar-refractivity contribution in [3.05, 3.63) is 29.8 Å². The smallest absolute Gasteiger partial charge is 0.279 e. The van der Waals surface area contributed by atoms with Gasteiger partial charge in [0.05, 0.1) is 5.69 Å². The molecule has 0 saturated heterocycles. The first-order valence-corrected chi connectivity index (χ1v) is 9.46. The van der Waals surface area contributed by atoms with E-state index >= 15 is 0 Å². The number of nitrogens with zero attached hydrogens (tertiary/aromatic N) is 2. The maximum Gasteiger partial charge on any atom is 0.279 e. The molecule has 0 aliphatic carbocycles. The Balaban J connectivity index is 2.05. The zero-order chi connectivity index (χ0) is 18.1. The molecule has 5 heteroatoms. The van der Waals surface area contributed by atoms with Gasteiger partial charge in [0.2, 0.25) is 5.91 Å². The van der Waals surface area contributed by atoms with Gasteiger partial charge in [0, 0.05) is 18.5 Å². The topological polar surface area (TPSA) is 61.8 Å². The van der Waals surface area contributed by atoms with E-state index in [-0.39, 0.29) is 11.8 Å². The van der Waals surface area contributed by atoms with Gasteiger partial charge in [-0.3, -0.25) is 9.59 Å². The SMILES string of the molecule is CCCCCCN1C(=O)/C(=N\NC(=O)CCCCC)c2ccccc21. The summed E-state index contributed by atoms with van der Waals surface area (Å²) in [4.78, 5) is 26.4. The number of carbonyl (C=O) groups is 2. The first-order chi connectivity index (χ1) is 12.2. The van der Waals surface area contributed by atoms with Gasteiger partial charge in [-0.2, -0.15) is 5.10 Å². The molecular weight excluding hydrogens is 314 g/mol. The molecule has 0 bridgehead atoms. The summed E-state index contributed by atoms with van der Waals surface area (Å²) in [6.07, 6.45) is 7.83. The summed E-state index contributed by atoms with van der Waals surface area (Å²) in [7, 11) is 0. The number of amides is 2. The summed E-state index contributed by atoms with van der Waals surface area (Å²) < 4.78 is 0. The molecule has 0 unspecified atom stereocenters. The minimum absolute atomic E-state index is 0.119. The molecule has 0 fully saturated rings. The highest BCUT2D eigenvalue weighted by atomic mass is 16.2. The molecule has 1 N–H and O–H groups in total. The molecule has 1 aromatic carbocycles. The van der Waals surface area contributed by atoms with Crippen LogP contribution in [0.3, 0.4) is 0 Å². The first kappa shape index (κ1) is 19.2. The van der Waals surface area contributed by atoms with Crippen LogP contribution in [0.2, 0.25) is 0 Å². The van der Waals surface area contributed by atoms with E-state index in [1.165, 1.54) is 12.8 Å². The zero-order valence-corrected chi connectivity index (χ0v) is 15.4. The maximum absolute atomic E-state index is 12.7. The number of rotatable bonds is 10. The van der Waals surface area contributed by atoms with Crippen molar-refractivity contribution in [1.82, 2.24) is 5.43 Å². The van der Waals surface area contributed by atoms with E-state index in [2.05, 4.69) is 24.4 Å². The average Bonchev–Trinajstić information content (AvgIpc) is 2.89. The van der Waals surface area contributed by atoms with E-state index in [0.29, 0.717) is 18.7 Å². The van der Waals surface area contributed by atoms with Crippen molar-refractivity contribution < 1.29 is 9.59 Å². The lowest BCUT2D eigenvalue weighted by atomic mass is 10.1. The first-order valence-electron chi connectivity index (χ1n) is 9.46. The van der Waals surface area contributed by atoms with Crippen molar-refractivity contribution in [2.45, 2.75) is 65.2 Å². The average molecular weight is 343 g/mol. The van der Waals surface area contributed by atoms with Crippen molar-refractivity contribution in [2.24, 2.45) is 5.10 Å². The molecule has 0 radical (unpaired) electrons. The van der Waals surface area contributed by atoms with Gasteiger partial charge in [-0.05, 0) is 18.9 Å². The van der Waals surface area contributed by atoms with Crippen molar-refractivity contribution in [3.63, 3.8) is 0 Å². The number of unbranched alkanes of at least 4 members (excludes halogenated alkanes) is 5. The zero-order valence-electron chi connectivity index (χ0n) is 15.4. The third-order valence-electron chi connectivity index (χ3n) is 4.43. The molecule has 1 aliphatic rings. The molecule has 1 heterocycles. The Morgan fingerprint density at radius 1 is 1.04 bits per heavy atom. The minimum Gasteiger partial charge on any atom is -0.306 e. The van der Waals surface area contributed by atoms with Crippen LogP contribution in [0.15, 0.2) is 29.4 Å². The molecule has 2 amide bonds. The lowest BCUT2D eigenvalue weighted by molar-refractivity contribution is -0.121. The van der Waals surface area contributed by atoms with Gasteiger partial charge in [-0.25, -0.2) is 5.43 Å². The second-order valence-corrected chi connectivity index (χ2v) is 6.49. The van der Waals surface area contributed by atoms with E-state index in [4.69, 9.17) is 0 Å². The number of benzene rings is 1. The van der Waals surface area contributed by atoms with Crippen LogP contribution in [0.25, 0.3) is 0 Å². The molecule has 5 nitrogen and oxygen atoms in total. The van der Waals surface area contributed by atoms with E-state index in [0.717, 1.165) is 43.4 Å². The quantitative estimate of drug-likeness (QED) is 0.515. The summed E-state index contributed by atoms with van der Waals surface area (Å²) >= 11 is 0. The fourth-order valence-electron chi connectivity index (χ4n) is 3.00. The minimum atomic E-state index is -0.132. The Bertz CT molecular complexity index is 625. The van der Waals surface area contributed by atoms with Crippen LogP contribution in [0.5, 0.6) is 0 Å². The number of nitrogens with one attached hydrogen (secondary N) is 1. The van der Waals surface area contributed by atoms with E-state index in [9.17, 15) is 9.59 Å². The summed E-state index contributed by atoms with van der Waals surface area (Å²) in [6.45, 7) is 4.96. The third kappa shape index (κ3) is 5.15. The molecule has 2 rings (SSSR count). The van der Waals surface area contributed by atoms with Crippen molar-refractivity contribution in [3.8, 4) is 0 Å². The number of para-hydroxylation sites is 1. The van der Waals surface area contributed by atoms with Crippen LogP contribution < -0.4 is 10.3 Å². The Morgan fingerprint density at radius 2 is 1.76 bits per heavy atom. The fraction of sp³-hybridized carbons (Fsp3) is 0.550. The van der Waals surface area contributed by atoms with Gasteiger partial charge in [0.1, 0.15) is 0 Å². The van der Waals surface area contributed by atoms with Crippen molar-refractivity contribution in [1.29, 1.82) is 0 Å². The van der Waals surface area contributed by atoms with E-state index in [1.54, 1.807) is 4.90 Å². The standard InChI is InChI=1S/C20H29N3O2/c1-3-5-7-11-15-23-17-13-10-9-12-16(17)19(20(23)25)22-21-18(24)14-8-6-4-2/h9-10,12-13H,3-8,11,14-15H2,1-2H3,(H,21,24)/b22-19-. The van der Waals surface area contributed by atoms with Gasteiger partial charge in [0.15, 0.2) is 5.71 Å². The lowest BCUT2D eigenvalue weighted by Gasteiger charge is -2.16. The Morgan fingerprint density at radius 3 is 2.52 bits per heavy atom. The Kier molecular flexibility index (Phi) is 7.64. The number of anilines is 1. The largest absolute Gasteiger partial charge is 0.306 e. The van der Waals surface area contributed by atoms with Gasteiger partial charge in [-0.15, -0.1) is 0 Å². The second kappa shape index (κ2) is 9.97. The van der Waals surface area contributed by atoms with E-state index < -0.39 is 0 Å². The van der Waals surface area contributed by atoms with Crippen LogP contribution in [0, 0.1) is 0 Å². The molecule has 0 spiro atoms. The summed E-state index contributed by atoms with van der Waals surface area (Å²) in [5.74, 6) is -0.251. The molecule has 136 valence electrons. The second-order valence-electron chi connectivity index (χ2n) is 6.49. The number of hydrazone groups is 1. The van der Waals surface area contributed by atoms with Gasteiger partial charge in [-0.1, -0.05) is 64.2 Å². The summed E-state index contributed by atoms with van der Waals surface area (Å²) in [5.41, 5.74) is 4.59. The molecule has 1 aliphatic heterocycles. The van der Waals surface area contributed by atoms with Crippen molar-refractivity contribution in [2.75, 3.05) is 11.4 Å². The number of hydrogen-bond acceptors (Lipinski definition) is 3. The molecule has 0 saturated carbocycles. The highest BCUT2D eigenvalue weighted by molar-refractivity contribution is 6.54. The predicted octanol–water partition coefficient (Wildman–Crippen LogP) is 4.01. The van der Waals surface area contributed by atoms with E-state index in [1.807, 2.05) is 24.3 Å². The third-order valence-corrected chi connectivity index (χ3v) is 4.43. The molecule has 1 aromatic rings. The van der Waals surface area contributed by atoms with Gasteiger partial charge in [0.25, 0.3) is 5.91 Å². The van der Waals surface area contributed by atoms with Gasteiger partial charge >= 0.3 is 0 Å². The van der Waals surface area contributed by atoms with Crippen LogP contribution in [0.4, 0.5) is 5.69 Å². The summed E-state index contributed by atoms with van der Waals surface area (Å²) in [5, 5.41) is 4.14. The van der Waals surface area contributed by atoms with Crippen LogP contribution in [0.1, 0.15) is 70.8 Å². The van der Waals surface area contributed by atoms with Gasteiger partial charge < -0.3 is 4.90 Å². The van der Waals surface area contributed by atoms with Crippen LogP contribution in [-0.4, -0.2) is 24.1 Å². The molecule has 0 atom stereocenters. The number of carbonyl (C=O) groups excluding carboxylic acids is 2. The lowest BCUT2D eigenvalue weighted by Crippen LogP contribution is -2.32. The normalized spacial score (nSPS) is 14.9. The van der Waals surface area contributed by atoms with Crippen LogP contribution >= 0.6 is 0 Å². The maximum atomic E-state index is 12.7. The Hall–Kier alpha value is -2.17. The Labute approximate surface area is 150 Å². The molecular formula is C20H29N3O2. The predicted molar refractivity (Wildman–Crippen MR) is 102 cm³/mol. The summed E-state index contributed by atoms with van der Waals surface area (Å²) in [6, 6.07) is 7.66.